The van der Waals surface area contributed by atoms with E-state index in [4.69, 9.17) is 0 Å². The number of hydrogen-bond donors (Lipinski definition) is 2. The van der Waals surface area contributed by atoms with Crippen LogP contribution in [0.4, 0.5) is 0 Å². The van der Waals surface area contributed by atoms with Gasteiger partial charge in [-0.2, -0.15) is 0 Å². The van der Waals surface area contributed by atoms with Crippen molar-refractivity contribution in [3.05, 3.63) is 62.6 Å². The molecule has 1 aromatic carbocycles. The molecule has 8 heteroatoms. The molecule has 0 fully saturated rings. The maximum Gasteiger partial charge on any atom is 0.332 e. The van der Waals surface area contributed by atoms with Gasteiger partial charge in [-0.15, -0.1) is 0 Å². The van der Waals surface area contributed by atoms with Gasteiger partial charge in [-0.25, -0.2) is 9.78 Å². The molecule has 0 radical (unpaired) electrons. The van der Waals surface area contributed by atoms with Gasteiger partial charge in [0.1, 0.15) is 11.9 Å². The number of hydrogen-bond acceptors (Lipinski definition) is 5. The van der Waals surface area contributed by atoms with Gasteiger partial charge >= 0.3 is 5.69 Å². The fraction of sp³-hybridized carbons (Fsp3) is 0.421. The van der Waals surface area contributed by atoms with Crippen LogP contribution in [-0.2, 0) is 27.6 Å². The first-order chi connectivity index (χ1) is 12.8. The number of nitrogens with one attached hydrogen (secondary N) is 1. The van der Waals surface area contributed by atoms with Crippen molar-refractivity contribution < 1.29 is 5.11 Å². The first-order valence-electron chi connectivity index (χ1n) is 8.89. The molecule has 2 atom stereocenters. The highest BCUT2D eigenvalue weighted by Gasteiger charge is 2.21. The number of aliphatic hydroxyl groups is 1. The lowest BCUT2D eigenvalue weighted by Gasteiger charge is -2.17. The molecule has 0 aliphatic rings. The zero-order valence-corrected chi connectivity index (χ0v) is 16.0. The Morgan fingerprint density at radius 3 is 2.41 bits per heavy atom. The van der Waals surface area contributed by atoms with E-state index in [2.05, 4.69) is 22.4 Å². The lowest BCUT2D eigenvalue weighted by molar-refractivity contribution is 0.158. The Kier molecular flexibility index (Phi) is 5.29. The highest BCUT2D eigenvalue weighted by Crippen LogP contribution is 2.16. The number of imidazole rings is 1. The number of rotatable bonds is 6. The first-order valence-corrected chi connectivity index (χ1v) is 8.89. The Hall–Kier alpha value is -2.71. The molecule has 0 saturated heterocycles. The summed E-state index contributed by atoms with van der Waals surface area (Å²) in [4.78, 5) is 28.9. The van der Waals surface area contributed by atoms with Crippen LogP contribution in [0, 0.1) is 0 Å². The van der Waals surface area contributed by atoms with E-state index in [1.807, 2.05) is 25.1 Å². The monoisotopic (exact) mass is 371 g/mol. The predicted octanol–water partition coefficient (Wildman–Crippen LogP) is 0.225. The van der Waals surface area contributed by atoms with Crippen molar-refractivity contribution in [1.82, 2.24) is 24.0 Å². The number of benzene rings is 1. The number of aliphatic hydroxyl groups excluding tert-OH is 1. The summed E-state index contributed by atoms with van der Waals surface area (Å²) in [7, 11) is 4.67. The molecule has 3 aromatic rings. The van der Waals surface area contributed by atoms with E-state index in [-0.39, 0.29) is 11.7 Å². The quantitative estimate of drug-likeness (QED) is 0.647. The summed E-state index contributed by atoms with van der Waals surface area (Å²) < 4.78 is 3.92. The van der Waals surface area contributed by atoms with Crippen molar-refractivity contribution in [3.63, 3.8) is 0 Å². The fourth-order valence-electron chi connectivity index (χ4n) is 3.28. The van der Waals surface area contributed by atoms with Crippen LogP contribution < -0.4 is 16.6 Å². The Morgan fingerprint density at radius 2 is 1.74 bits per heavy atom. The number of aromatic nitrogens is 4. The molecule has 0 aliphatic carbocycles. The van der Waals surface area contributed by atoms with Crippen LogP contribution in [0.2, 0.25) is 0 Å². The van der Waals surface area contributed by atoms with Gasteiger partial charge in [0.2, 0.25) is 0 Å². The minimum atomic E-state index is -0.902. The Labute approximate surface area is 156 Å². The zero-order valence-electron chi connectivity index (χ0n) is 16.0. The molecule has 0 spiro atoms. The number of aryl methyl sites for hydroxylation is 2. The molecule has 144 valence electrons. The van der Waals surface area contributed by atoms with Gasteiger partial charge in [-0.3, -0.25) is 13.9 Å². The van der Waals surface area contributed by atoms with Crippen molar-refractivity contribution in [2.45, 2.75) is 25.5 Å². The summed E-state index contributed by atoms with van der Waals surface area (Å²) in [6.07, 6.45) is -0.0639. The van der Waals surface area contributed by atoms with Gasteiger partial charge in [-0.05, 0) is 18.9 Å². The molecule has 8 nitrogen and oxygen atoms in total. The minimum absolute atomic E-state index is 0.161. The van der Waals surface area contributed by atoms with Crippen molar-refractivity contribution in [1.29, 1.82) is 0 Å². The highest BCUT2D eigenvalue weighted by atomic mass is 16.3. The van der Waals surface area contributed by atoms with Crippen LogP contribution in [0.3, 0.4) is 0 Å². The fourth-order valence-corrected chi connectivity index (χ4v) is 3.28. The lowest BCUT2D eigenvalue weighted by Crippen LogP contribution is -2.37. The Morgan fingerprint density at radius 1 is 1.07 bits per heavy atom. The third-order valence-electron chi connectivity index (χ3n) is 4.85. The van der Waals surface area contributed by atoms with E-state index in [9.17, 15) is 14.7 Å². The molecule has 0 aliphatic heterocycles. The van der Waals surface area contributed by atoms with Crippen LogP contribution in [0.5, 0.6) is 0 Å². The molecular weight excluding hydrogens is 346 g/mol. The van der Waals surface area contributed by atoms with Crippen LogP contribution in [-0.4, -0.2) is 36.4 Å². The number of fused-ring (bicyclic) bond motifs is 1. The normalized spacial score (nSPS) is 13.8. The summed E-state index contributed by atoms with van der Waals surface area (Å²) in [5, 5.41) is 13.9. The second-order valence-electron chi connectivity index (χ2n) is 6.92. The molecule has 0 saturated carbocycles. The van der Waals surface area contributed by atoms with E-state index >= 15 is 0 Å². The second-order valence-corrected chi connectivity index (χ2v) is 6.92. The molecule has 2 aromatic heterocycles. The average molecular weight is 371 g/mol. The first kappa shape index (κ1) is 19.1. The summed E-state index contributed by atoms with van der Waals surface area (Å²) in [6.45, 7) is 2.34. The molecular formula is C19H25N5O3. The van der Waals surface area contributed by atoms with E-state index in [1.165, 1.54) is 17.2 Å². The van der Waals surface area contributed by atoms with Gasteiger partial charge in [-0.1, -0.05) is 30.3 Å². The standard InChI is InChI=1S/C19H25N5O3/c1-12(10-13-8-6-5-7-9-13)20-11-14(25)16-21-17-15(22(16)2)18(26)24(4)19(27)23(17)3/h5-9,12,14,20,25H,10-11H2,1-4H3. The highest BCUT2D eigenvalue weighted by molar-refractivity contribution is 5.71. The largest absolute Gasteiger partial charge is 0.384 e. The van der Waals surface area contributed by atoms with Crippen LogP contribution >= 0.6 is 0 Å². The van der Waals surface area contributed by atoms with E-state index in [0.717, 1.165) is 11.0 Å². The summed E-state index contributed by atoms with van der Waals surface area (Å²) in [5.74, 6) is 0.350. The summed E-state index contributed by atoms with van der Waals surface area (Å²) in [6, 6.07) is 10.3. The number of nitrogens with zero attached hydrogens (tertiary/aromatic N) is 4. The molecule has 2 unspecified atom stereocenters. The Balaban J connectivity index is 1.80. The molecule has 2 N–H and O–H groups in total. The molecule has 27 heavy (non-hydrogen) atoms. The van der Waals surface area contributed by atoms with E-state index in [1.54, 1.807) is 18.7 Å². The van der Waals surface area contributed by atoms with Crippen molar-refractivity contribution >= 4 is 11.2 Å². The van der Waals surface area contributed by atoms with Gasteiger partial charge < -0.3 is 15.0 Å². The smallest absolute Gasteiger partial charge is 0.332 e. The third kappa shape index (κ3) is 3.58. The summed E-state index contributed by atoms with van der Waals surface area (Å²) in [5.41, 5.74) is 0.921. The maximum absolute atomic E-state index is 12.4. The molecule has 2 heterocycles. The van der Waals surface area contributed by atoms with Gasteiger partial charge in [0.05, 0.1) is 0 Å². The Bertz CT molecular complexity index is 1060. The average Bonchev–Trinajstić information content (AvgIpc) is 3.01. The molecule has 3 rings (SSSR count). The maximum atomic E-state index is 12.4. The van der Waals surface area contributed by atoms with Crippen LogP contribution in [0.15, 0.2) is 39.9 Å². The predicted molar refractivity (Wildman–Crippen MR) is 104 cm³/mol. The van der Waals surface area contributed by atoms with Gasteiger partial charge in [0.25, 0.3) is 5.56 Å². The second kappa shape index (κ2) is 7.50. The molecule has 0 bridgehead atoms. The summed E-state index contributed by atoms with van der Waals surface area (Å²) >= 11 is 0. The van der Waals surface area contributed by atoms with Crippen molar-refractivity contribution in [2.24, 2.45) is 21.1 Å². The molecule has 0 amide bonds. The van der Waals surface area contributed by atoms with E-state index in [0.29, 0.717) is 17.9 Å². The van der Waals surface area contributed by atoms with Gasteiger partial charge in [0, 0.05) is 33.7 Å². The minimum Gasteiger partial charge on any atom is -0.384 e. The third-order valence-corrected chi connectivity index (χ3v) is 4.85. The van der Waals surface area contributed by atoms with E-state index < -0.39 is 17.4 Å². The van der Waals surface area contributed by atoms with Crippen molar-refractivity contribution in [3.8, 4) is 0 Å². The van der Waals surface area contributed by atoms with Crippen LogP contribution in [0.1, 0.15) is 24.4 Å². The lowest BCUT2D eigenvalue weighted by atomic mass is 10.1. The SMILES string of the molecule is CC(Cc1ccccc1)NCC(O)c1nc2c(c(=O)n(C)c(=O)n2C)n1C. The zero-order chi connectivity index (χ0) is 19.7. The van der Waals surface area contributed by atoms with Gasteiger partial charge in [0.15, 0.2) is 11.2 Å². The van der Waals surface area contributed by atoms with Crippen LogP contribution in [0.25, 0.3) is 11.2 Å². The topological polar surface area (TPSA) is 94.1 Å². The van der Waals surface area contributed by atoms with Crippen molar-refractivity contribution in [2.75, 3.05) is 6.54 Å².